The molecule has 4 heterocycles. The number of para-hydroxylation sites is 1. The number of sulfone groups is 1. The predicted octanol–water partition coefficient (Wildman–Crippen LogP) is 4.00. The number of hydrogen-bond acceptors (Lipinski definition) is 7. The molecule has 0 aliphatic carbocycles. The van der Waals surface area contributed by atoms with Crippen LogP contribution in [0.3, 0.4) is 0 Å². The van der Waals surface area contributed by atoms with E-state index in [1.54, 1.807) is 24.1 Å². The molecule has 0 N–H and O–H groups in total. The molecule has 3 aromatic heterocycles. The summed E-state index contributed by atoms with van der Waals surface area (Å²) in [7, 11) is -1.29. The second-order valence-electron chi connectivity index (χ2n) is 8.46. The van der Waals surface area contributed by atoms with E-state index in [0.29, 0.717) is 18.7 Å². The number of nitrogens with zero attached hydrogens (tertiary/aromatic N) is 4. The second-order valence-corrected chi connectivity index (χ2v) is 11.7. The summed E-state index contributed by atoms with van der Waals surface area (Å²) < 4.78 is 32.5. The largest absolute Gasteiger partial charge is 0.448 e. The first-order valence-corrected chi connectivity index (χ1v) is 13.3. The molecule has 1 aromatic carbocycles. The van der Waals surface area contributed by atoms with Crippen molar-refractivity contribution in [1.29, 1.82) is 0 Å². The Morgan fingerprint density at radius 1 is 1.24 bits per heavy atom. The lowest BCUT2D eigenvalue weighted by atomic mass is 10.1. The number of hydrogen-bond donors (Lipinski definition) is 0. The predicted molar refractivity (Wildman–Crippen MR) is 127 cm³/mol. The summed E-state index contributed by atoms with van der Waals surface area (Å²) in [6.45, 7) is 4.17. The second kappa shape index (κ2) is 8.11. The molecule has 33 heavy (non-hydrogen) atoms. The van der Waals surface area contributed by atoms with Crippen molar-refractivity contribution in [3.8, 4) is 10.8 Å². The fourth-order valence-electron chi connectivity index (χ4n) is 4.29. The van der Waals surface area contributed by atoms with Crippen molar-refractivity contribution in [2.24, 2.45) is 0 Å². The molecule has 0 unspecified atom stereocenters. The van der Waals surface area contributed by atoms with Gasteiger partial charge in [0.15, 0.2) is 26.4 Å². The molecule has 0 bridgehead atoms. The minimum Gasteiger partial charge on any atom is -0.448 e. The maximum atomic E-state index is 13.0. The molecule has 1 aliphatic rings. The summed E-state index contributed by atoms with van der Waals surface area (Å²) in [4.78, 5) is 19.2. The maximum absolute atomic E-state index is 13.0. The lowest BCUT2D eigenvalue weighted by molar-refractivity contribution is 0.0754. The number of aromatic nitrogens is 3. The molecule has 0 saturated carbocycles. The summed E-state index contributed by atoms with van der Waals surface area (Å²) in [5, 5.41) is 5.33. The fraction of sp³-hybridized carbons (Fsp3) is 0.348. The molecule has 4 aromatic rings. The number of rotatable bonds is 5. The number of furan rings is 1. The van der Waals surface area contributed by atoms with E-state index in [-0.39, 0.29) is 29.2 Å². The zero-order chi connectivity index (χ0) is 23.3. The van der Waals surface area contributed by atoms with Gasteiger partial charge in [-0.2, -0.15) is 5.10 Å². The molecule has 1 amide bonds. The van der Waals surface area contributed by atoms with E-state index >= 15 is 0 Å². The third-order valence-corrected chi connectivity index (χ3v) is 8.89. The number of fused-ring (bicyclic) bond motifs is 1. The summed E-state index contributed by atoms with van der Waals surface area (Å²) in [5.74, 6) is 0.882. The minimum atomic E-state index is -3.01. The molecule has 0 radical (unpaired) electrons. The molecule has 172 valence electrons. The van der Waals surface area contributed by atoms with Crippen LogP contribution < -0.4 is 0 Å². The Kier molecular flexibility index (Phi) is 5.37. The Bertz CT molecular complexity index is 1430. The van der Waals surface area contributed by atoms with E-state index < -0.39 is 9.84 Å². The summed E-state index contributed by atoms with van der Waals surface area (Å²) in [6, 6.07) is 11.2. The van der Waals surface area contributed by atoms with Crippen molar-refractivity contribution in [2.45, 2.75) is 32.9 Å². The van der Waals surface area contributed by atoms with Crippen LogP contribution in [0.15, 0.2) is 40.8 Å². The van der Waals surface area contributed by atoms with Crippen LogP contribution in [0.25, 0.3) is 21.0 Å². The quantitative estimate of drug-likeness (QED) is 0.425. The highest BCUT2D eigenvalue weighted by Crippen LogP contribution is 2.32. The van der Waals surface area contributed by atoms with Gasteiger partial charge in [0.2, 0.25) is 0 Å². The third-order valence-electron chi connectivity index (χ3n) is 6.09. The topological polar surface area (TPSA) is 98.3 Å². The summed E-state index contributed by atoms with van der Waals surface area (Å²) >= 11 is 1.52. The first-order chi connectivity index (χ1) is 15.7. The lowest BCUT2D eigenvalue weighted by Gasteiger charge is -2.17. The highest BCUT2D eigenvalue weighted by molar-refractivity contribution is 7.91. The minimum absolute atomic E-state index is 0.115. The molecule has 0 spiro atoms. The van der Waals surface area contributed by atoms with Crippen molar-refractivity contribution >= 4 is 37.3 Å². The van der Waals surface area contributed by atoms with Gasteiger partial charge in [-0.05, 0) is 44.5 Å². The average molecular weight is 485 g/mol. The van der Waals surface area contributed by atoms with Crippen LogP contribution in [0.5, 0.6) is 0 Å². The van der Waals surface area contributed by atoms with Gasteiger partial charge >= 0.3 is 0 Å². The SMILES string of the molecule is Cc1nn([C@@H]2CCS(=O)(=O)C2)c(C)c1CN(C)C(=O)c1ccc(-c2nc3ccccc3s2)o1. The Hall–Kier alpha value is -2.98. The Morgan fingerprint density at radius 3 is 2.76 bits per heavy atom. The number of carbonyl (C=O) groups excluding carboxylic acids is 1. The van der Waals surface area contributed by atoms with Crippen LogP contribution in [-0.2, 0) is 16.4 Å². The monoisotopic (exact) mass is 484 g/mol. The van der Waals surface area contributed by atoms with Crippen molar-refractivity contribution in [1.82, 2.24) is 19.7 Å². The van der Waals surface area contributed by atoms with Gasteiger partial charge < -0.3 is 9.32 Å². The van der Waals surface area contributed by atoms with E-state index in [1.807, 2.05) is 42.8 Å². The van der Waals surface area contributed by atoms with E-state index in [1.165, 1.54) is 11.3 Å². The van der Waals surface area contributed by atoms with Gasteiger partial charge in [0.05, 0.1) is 33.5 Å². The van der Waals surface area contributed by atoms with Crippen LogP contribution in [0, 0.1) is 13.8 Å². The van der Waals surface area contributed by atoms with Gasteiger partial charge in [-0.3, -0.25) is 9.48 Å². The number of thiazole rings is 1. The van der Waals surface area contributed by atoms with Crippen LogP contribution in [-0.4, -0.2) is 52.5 Å². The van der Waals surface area contributed by atoms with E-state index in [9.17, 15) is 13.2 Å². The molecule has 5 rings (SSSR count). The first kappa shape index (κ1) is 21.8. The Morgan fingerprint density at radius 2 is 2.03 bits per heavy atom. The molecular formula is C23H24N4O4S2. The van der Waals surface area contributed by atoms with Gasteiger partial charge in [0.1, 0.15) is 0 Å². The zero-order valence-corrected chi connectivity index (χ0v) is 20.2. The standard InChI is InChI=1S/C23H24N4O4S2/c1-14-17(15(2)27(25-14)16-10-11-33(29,30)13-16)12-26(3)23(28)20-9-8-19(31-20)22-24-18-6-4-5-7-21(18)32-22/h4-9,16H,10-13H2,1-3H3/t16-/m1/s1. The number of amides is 1. The van der Waals surface area contributed by atoms with Crippen molar-refractivity contribution in [2.75, 3.05) is 18.6 Å². The van der Waals surface area contributed by atoms with Crippen LogP contribution in [0.4, 0.5) is 0 Å². The number of aryl methyl sites for hydroxylation is 1. The van der Waals surface area contributed by atoms with E-state index in [2.05, 4.69) is 10.1 Å². The molecule has 1 saturated heterocycles. The molecular weight excluding hydrogens is 460 g/mol. The lowest BCUT2D eigenvalue weighted by Crippen LogP contribution is -2.26. The maximum Gasteiger partial charge on any atom is 0.289 e. The van der Waals surface area contributed by atoms with Gasteiger partial charge in [0, 0.05) is 24.8 Å². The molecule has 1 fully saturated rings. The van der Waals surface area contributed by atoms with E-state index in [0.717, 1.165) is 32.2 Å². The number of carbonyl (C=O) groups is 1. The van der Waals surface area contributed by atoms with Crippen molar-refractivity contribution in [3.63, 3.8) is 0 Å². The molecule has 10 heteroatoms. The average Bonchev–Trinajstić information content (AvgIpc) is 3.55. The third kappa shape index (κ3) is 4.08. The van der Waals surface area contributed by atoms with Crippen molar-refractivity contribution < 1.29 is 17.6 Å². The van der Waals surface area contributed by atoms with Crippen LogP contribution in [0.1, 0.15) is 40.0 Å². The smallest absolute Gasteiger partial charge is 0.289 e. The highest BCUT2D eigenvalue weighted by atomic mass is 32.2. The van der Waals surface area contributed by atoms with Crippen LogP contribution in [0.2, 0.25) is 0 Å². The van der Waals surface area contributed by atoms with Gasteiger partial charge in [-0.25, -0.2) is 13.4 Å². The summed E-state index contributed by atoms with van der Waals surface area (Å²) in [6.07, 6.45) is 0.569. The van der Waals surface area contributed by atoms with Crippen LogP contribution >= 0.6 is 11.3 Å². The normalized spacial score (nSPS) is 17.6. The van der Waals surface area contributed by atoms with E-state index in [4.69, 9.17) is 4.42 Å². The van der Waals surface area contributed by atoms with Gasteiger partial charge in [-0.1, -0.05) is 12.1 Å². The summed E-state index contributed by atoms with van der Waals surface area (Å²) in [5.41, 5.74) is 3.51. The highest BCUT2D eigenvalue weighted by Gasteiger charge is 2.32. The molecule has 1 atom stereocenters. The fourth-order valence-corrected chi connectivity index (χ4v) is 6.91. The van der Waals surface area contributed by atoms with Gasteiger partial charge in [-0.15, -0.1) is 11.3 Å². The van der Waals surface area contributed by atoms with Crippen molar-refractivity contribution in [3.05, 3.63) is 59.1 Å². The Balaban J connectivity index is 1.34. The molecule has 8 nitrogen and oxygen atoms in total. The van der Waals surface area contributed by atoms with Gasteiger partial charge in [0.25, 0.3) is 5.91 Å². The Labute approximate surface area is 195 Å². The zero-order valence-electron chi connectivity index (χ0n) is 18.6. The first-order valence-electron chi connectivity index (χ1n) is 10.7. The molecule has 1 aliphatic heterocycles. The number of benzene rings is 1.